The van der Waals surface area contributed by atoms with Crippen molar-refractivity contribution in [1.29, 1.82) is 0 Å². The van der Waals surface area contributed by atoms with Gasteiger partial charge in [-0.15, -0.1) is 0 Å². The molecule has 5 heteroatoms. The molecule has 0 spiro atoms. The van der Waals surface area contributed by atoms with Gasteiger partial charge in [-0.2, -0.15) is 0 Å². The molecule has 0 aliphatic carbocycles. The van der Waals surface area contributed by atoms with Gasteiger partial charge in [-0.3, -0.25) is 0 Å². The Labute approximate surface area is 108 Å². The van der Waals surface area contributed by atoms with Gasteiger partial charge in [-0.05, 0) is 24.3 Å². The molecule has 0 radical (unpaired) electrons. The zero-order valence-corrected chi connectivity index (χ0v) is 9.95. The van der Waals surface area contributed by atoms with Crippen molar-refractivity contribution < 1.29 is 4.42 Å². The molecule has 0 bridgehead atoms. The fourth-order valence-corrected chi connectivity index (χ4v) is 2.28. The van der Waals surface area contributed by atoms with Crippen LogP contribution in [0.4, 0.5) is 5.82 Å². The number of rotatable bonds is 1. The Bertz CT molecular complexity index is 891. The quantitative estimate of drug-likeness (QED) is 0.564. The molecule has 4 heterocycles. The second-order valence-electron chi connectivity index (χ2n) is 4.33. The lowest BCUT2D eigenvalue weighted by Crippen LogP contribution is -1.87. The van der Waals surface area contributed by atoms with Crippen molar-refractivity contribution in [3.05, 3.63) is 49.2 Å². The van der Waals surface area contributed by atoms with Gasteiger partial charge < -0.3 is 14.6 Å². The number of nitrogens with zero attached hydrogens (tertiary/aromatic N) is 3. The molecule has 0 unspecified atom stereocenters. The summed E-state index contributed by atoms with van der Waals surface area (Å²) in [5, 5.41) is 0.948. The van der Waals surface area contributed by atoms with E-state index in [4.69, 9.17) is 10.2 Å². The topological polar surface area (TPSA) is 69.3 Å². The van der Waals surface area contributed by atoms with E-state index in [9.17, 15) is 0 Å². The first kappa shape index (κ1) is 10.1. The number of fused-ring (bicyclic) bond motifs is 2. The van der Waals surface area contributed by atoms with Crippen LogP contribution in [0.15, 0.2) is 53.6 Å². The van der Waals surface area contributed by atoms with Gasteiger partial charge >= 0.3 is 0 Å². The Morgan fingerprint density at radius 2 is 2.21 bits per heavy atom. The lowest BCUT2D eigenvalue weighted by molar-refractivity contribution is 0.632. The number of hydrogen-bond donors (Lipinski definition) is 1. The van der Waals surface area contributed by atoms with Crippen LogP contribution < -0.4 is 5.73 Å². The SMILES string of the molecule is Nc1nccc2cc(-c3cccn4cncc34)oc12. The van der Waals surface area contributed by atoms with Crippen molar-refractivity contribution >= 4 is 22.3 Å². The highest BCUT2D eigenvalue weighted by molar-refractivity contribution is 5.91. The number of aromatic nitrogens is 3. The summed E-state index contributed by atoms with van der Waals surface area (Å²) >= 11 is 0. The normalized spacial score (nSPS) is 11.4. The van der Waals surface area contributed by atoms with E-state index in [-0.39, 0.29) is 0 Å². The van der Waals surface area contributed by atoms with Crippen LogP contribution in [-0.4, -0.2) is 14.4 Å². The van der Waals surface area contributed by atoms with E-state index in [1.54, 1.807) is 12.5 Å². The van der Waals surface area contributed by atoms with Gasteiger partial charge in [0, 0.05) is 23.3 Å². The number of nitrogens with two attached hydrogens (primary N) is 1. The molecular weight excluding hydrogens is 240 g/mol. The van der Waals surface area contributed by atoms with Gasteiger partial charge in [0.15, 0.2) is 11.4 Å². The number of pyridine rings is 2. The largest absolute Gasteiger partial charge is 0.452 e. The molecule has 0 aromatic carbocycles. The summed E-state index contributed by atoms with van der Waals surface area (Å²) in [5.41, 5.74) is 8.42. The molecule has 5 nitrogen and oxygen atoms in total. The van der Waals surface area contributed by atoms with Gasteiger partial charge in [0.2, 0.25) is 0 Å². The molecule has 19 heavy (non-hydrogen) atoms. The van der Waals surface area contributed by atoms with E-state index in [0.29, 0.717) is 11.4 Å². The Balaban J connectivity index is 2.04. The number of furan rings is 1. The molecule has 0 saturated heterocycles. The standard InChI is InChI=1S/C14H10N4O/c15-14-13-9(3-4-17-14)6-12(19-13)10-2-1-5-18-8-16-7-11(10)18/h1-8H,(H2,15,17). The molecule has 0 atom stereocenters. The zero-order valence-electron chi connectivity index (χ0n) is 9.95. The summed E-state index contributed by atoms with van der Waals surface area (Å²) in [4.78, 5) is 8.18. The molecule has 4 aromatic heterocycles. The summed E-state index contributed by atoms with van der Waals surface area (Å²) in [6.07, 6.45) is 7.20. The van der Waals surface area contributed by atoms with E-state index in [0.717, 1.165) is 22.2 Å². The van der Waals surface area contributed by atoms with Crippen LogP contribution in [0.1, 0.15) is 0 Å². The Hall–Kier alpha value is -2.82. The fourth-order valence-electron chi connectivity index (χ4n) is 2.28. The lowest BCUT2D eigenvalue weighted by atomic mass is 10.2. The van der Waals surface area contributed by atoms with Crippen LogP contribution in [0, 0.1) is 0 Å². The summed E-state index contributed by atoms with van der Waals surface area (Å²) in [5.74, 6) is 1.17. The molecule has 0 amide bonds. The lowest BCUT2D eigenvalue weighted by Gasteiger charge is -1.99. The van der Waals surface area contributed by atoms with Crippen molar-refractivity contribution in [3.63, 3.8) is 0 Å². The molecule has 0 aliphatic heterocycles. The first-order valence-corrected chi connectivity index (χ1v) is 5.88. The number of imidazole rings is 1. The molecule has 0 fully saturated rings. The van der Waals surface area contributed by atoms with Crippen LogP contribution in [0.5, 0.6) is 0 Å². The van der Waals surface area contributed by atoms with Crippen molar-refractivity contribution in [2.45, 2.75) is 0 Å². The zero-order chi connectivity index (χ0) is 12.8. The van der Waals surface area contributed by atoms with Crippen LogP contribution in [-0.2, 0) is 0 Å². The van der Waals surface area contributed by atoms with Crippen LogP contribution >= 0.6 is 0 Å². The molecule has 0 aliphatic rings. The molecule has 2 N–H and O–H groups in total. The highest BCUT2D eigenvalue weighted by Crippen LogP contribution is 2.31. The molecule has 4 aromatic rings. The van der Waals surface area contributed by atoms with Crippen molar-refractivity contribution in [2.75, 3.05) is 5.73 Å². The van der Waals surface area contributed by atoms with Gasteiger partial charge in [0.25, 0.3) is 0 Å². The maximum Gasteiger partial charge on any atom is 0.176 e. The Kier molecular flexibility index (Phi) is 1.91. The third-order valence-electron chi connectivity index (χ3n) is 3.18. The molecule has 0 saturated carbocycles. The van der Waals surface area contributed by atoms with Gasteiger partial charge in [0.05, 0.1) is 18.0 Å². The Morgan fingerprint density at radius 1 is 1.26 bits per heavy atom. The van der Waals surface area contributed by atoms with Crippen LogP contribution in [0.2, 0.25) is 0 Å². The van der Waals surface area contributed by atoms with Crippen molar-refractivity contribution in [1.82, 2.24) is 14.4 Å². The maximum atomic E-state index is 5.83. The van der Waals surface area contributed by atoms with Crippen molar-refractivity contribution in [2.24, 2.45) is 0 Å². The monoisotopic (exact) mass is 250 g/mol. The van der Waals surface area contributed by atoms with E-state index in [1.165, 1.54) is 0 Å². The number of hydrogen-bond acceptors (Lipinski definition) is 4. The van der Waals surface area contributed by atoms with E-state index in [2.05, 4.69) is 9.97 Å². The third-order valence-corrected chi connectivity index (χ3v) is 3.18. The molecular formula is C14H10N4O. The number of nitrogen functional groups attached to an aromatic ring is 1. The smallest absolute Gasteiger partial charge is 0.176 e. The van der Waals surface area contributed by atoms with E-state index in [1.807, 2.05) is 41.1 Å². The van der Waals surface area contributed by atoms with Gasteiger partial charge in [-0.1, -0.05) is 0 Å². The summed E-state index contributed by atoms with van der Waals surface area (Å²) in [7, 11) is 0. The average Bonchev–Trinajstić information content (AvgIpc) is 3.05. The van der Waals surface area contributed by atoms with Crippen LogP contribution in [0.3, 0.4) is 0 Å². The summed E-state index contributed by atoms with van der Waals surface area (Å²) in [6.45, 7) is 0. The molecule has 92 valence electrons. The second-order valence-corrected chi connectivity index (χ2v) is 4.33. The predicted molar refractivity (Wildman–Crippen MR) is 72.6 cm³/mol. The highest BCUT2D eigenvalue weighted by atomic mass is 16.3. The van der Waals surface area contributed by atoms with E-state index >= 15 is 0 Å². The van der Waals surface area contributed by atoms with Gasteiger partial charge in [0.1, 0.15) is 5.76 Å². The minimum Gasteiger partial charge on any atom is -0.452 e. The fraction of sp³-hybridized carbons (Fsp3) is 0. The minimum absolute atomic E-state index is 0.407. The summed E-state index contributed by atoms with van der Waals surface area (Å²) < 4.78 is 7.78. The summed E-state index contributed by atoms with van der Waals surface area (Å²) in [6, 6.07) is 7.81. The van der Waals surface area contributed by atoms with Crippen LogP contribution in [0.25, 0.3) is 27.8 Å². The third kappa shape index (κ3) is 1.41. The predicted octanol–water partition coefficient (Wildman–Crippen LogP) is 2.72. The highest BCUT2D eigenvalue weighted by Gasteiger charge is 2.11. The minimum atomic E-state index is 0.407. The molecule has 4 rings (SSSR count). The van der Waals surface area contributed by atoms with E-state index < -0.39 is 0 Å². The maximum absolute atomic E-state index is 5.83. The van der Waals surface area contributed by atoms with Crippen molar-refractivity contribution in [3.8, 4) is 11.3 Å². The Morgan fingerprint density at radius 3 is 3.11 bits per heavy atom. The average molecular weight is 250 g/mol. The number of anilines is 1. The second kappa shape index (κ2) is 3.58. The first-order valence-electron chi connectivity index (χ1n) is 5.88. The van der Waals surface area contributed by atoms with Gasteiger partial charge in [-0.25, -0.2) is 9.97 Å². The first-order chi connectivity index (χ1) is 9.33.